The summed E-state index contributed by atoms with van der Waals surface area (Å²) in [6.45, 7) is 5.12. The normalized spacial score (nSPS) is 31.1. The van der Waals surface area contributed by atoms with E-state index in [4.69, 9.17) is 16.2 Å². The lowest BCUT2D eigenvalue weighted by atomic mass is 9.80. The van der Waals surface area contributed by atoms with Crippen molar-refractivity contribution < 1.29 is 9.53 Å². The van der Waals surface area contributed by atoms with Crippen LogP contribution in [0.3, 0.4) is 0 Å². The molecule has 0 heterocycles. The summed E-state index contributed by atoms with van der Waals surface area (Å²) in [5, 5.41) is 0. The van der Waals surface area contributed by atoms with E-state index in [1.54, 1.807) is 0 Å². The molecule has 1 rings (SSSR count). The zero-order chi connectivity index (χ0) is 12.9. The smallest absolute Gasteiger partial charge is 0.237 e. The Bertz CT molecular complexity index is 258. The second-order valence-corrected chi connectivity index (χ2v) is 5.47. The van der Waals surface area contributed by atoms with Gasteiger partial charge in [-0.3, -0.25) is 4.79 Å². The van der Waals surface area contributed by atoms with Crippen molar-refractivity contribution in [2.24, 2.45) is 17.4 Å². The lowest BCUT2D eigenvalue weighted by Gasteiger charge is -2.35. The molecular weight excluding hydrogens is 216 g/mol. The number of amides is 1. The number of rotatable bonds is 6. The number of hydrogen-bond acceptors (Lipinski definition) is 3. The van der Waals surface area contributed by atoms with Crippen molar-refractivity contribution >= 4 is 5.91 Å². The van der Waals surface area contributed by atoms with Gasteiger partial charge in [-0.2, -0.15) is 0 Å². The lowest BCUT2D eigenvalue weighted by molar-refractivity contribution is -0.126. The number of primary amides is 1. The van der Waals surface area contributed by atoms with Crippen LogP contribution in [0, 0.1) is 5.92 Å². The first kappa shape index (κ1) is 14.5. The Morgan fingerprint density at radius 2 is 2.29 bits per heavy atom. The predicted molar refractivity (Wildman–Crippen MR) is 68.4 cm³/mol. The fourth-order valence-corrected chi connectivity index (χ4v) is 2.50. The maximum atomic E-state index is 11.3. The Morgan fingerprint density at radius 1 is 1.59 bits per heavy atom. The van der Waals surface area contributed by atoms with Crippen LogP contribution in [0.25, 0.3) is 0 Å². The van der Waals surface area contributed by atoms with E-state index < -0.39 is 11.4 Å². The minimum Gasteiger partial charge on any atom is -0.378 e. The van der Waals surface area contributed by atoms with E-state index in [-0.39, 0.29) is 6.10 Å². The second kappa shape index (κ2) is 6.36. The number of hydrogen-bond donors (Lipinski definition) is 2. The van der Waals surface area contributed by atoms with Crippen LogP contribution < -0.4 is 11.5 Å². The molecule has 0 saturated heterocycles. The highest BCUT2D eigenvalue weighted by Crippen LogP contribution is 2.28. The second-order valence-electron chi connectivity index (χ2n) is 5.47. The van der Waals surface area contributed by atoms with Crippen LogP contribution in [0.2, 0.25) is 0 Å². The fourth-order valence-electron chi connectivity index (χ4n) is 2.50. The van der Waals surface area contributed by atoms with Crippen LogP contribution in [0.5, 0.6) is 0 Å². The van der Waals surface area contributed by atoms with Crippen LogP contribution in [0.1, 0.15) is 52.4 Å². The first-order valence-electron chi connectivity index (χ1n) is 6.68. The average Bonchev–Trinajstić information content (AvgIpc) is 2.27. The Balaban J connectivity index is 2.37. The number of carbonyl (C=O) groups excluding carboxylic acids is 1. The van der Waals surface area contributed by atoms with Gasteiger partial charge in [0.1, 0.15) is 0 Å². The molecule has 0 aromatic heterocycles. The molecule has 4 nitrogen and oxygen atoms in total. The summed E-state index contributed by atoms with van der Waals surface area (Å²) in [6, 6.07) is 0. The topological polar surface area (TPSA) is 78.3 Å². The average molecular weight is 242 g/mol. The predicted octanol–water partition coefficient (Wildman–Crippen LogP) is 1.56. The van der Waals surface area contributed by atoms with Crippen LogP contribution in [0.15, 0.2) is 0 Å². The van der Waals surface area contributed by atoms with Crippen LogP contribution in [0.4, 0.5) is 0 Å². The first-order chi connectivity index (χ1) is 7.98. The maximum absolute atomic E-state index is 11.3. The summed E-state index contributed by atoms with van der Waals surface area (Å²) in [5.41, 5.74) is 10.5. The Labute approximate surface area is 104 Å². The summed E-state index contributed by atoms with van der Waals surface area (Å²) >= 11 is 0. The van der Waals surface area contributed by atoms with Gasteiger partial charge in [0.25, 0.3) is 0 Å². The van der Waals surface area contributed by atoms with Crippen LogP contribution in [-0.2, 0) is 9.53 Å². The van der Waals surface area contributed by atoms with Crippen molar-refractivity contribution in [3.05, 3.63) is 0 Å². The van der Waals surface area contributed by atoms with Gasteiger partial charge in [0.2, 0.25) is 5.91 Å². The Hall–Kier alpha value is -0.610. The summed E-state index contributed by atoms with van der Waals surface area (Å²) in [4.78, 5) is 11.3. The van der Waals surface area contributed by atoms with Crippen molar-refractivity contribution in [1.29, 1.82) is 0 Å². The maximum Gasteiger partial charge on any atom is 0.237 e. The number of carbonyl (C=O) groups is 1. The zero-order valence-electron chi connectivity index (χ0n) is 11.1. The van der Waals surface area contributed by atoms with Gasteiger partial charge in [-0.15, -0.1) is 0 Å². The molecule has 0 bridgehead atoms. The lowest BCUT2D eigenvalue weighted by Crippen LogP contribution is -2.56. The molecule has 1 amide bonds. The van der Waals surface area contributed by atoms with E-state index in [0.29, 0.717) is 18.8 Å². The van der Waals surface area contributed by atoms with Gasteiger partial charge in [0, 0.05) is 13.0 Å². The molecule has 100 valence electrons. The minimum atomic E-state index is -0.850. The molecule has 3 unspecified atom stereocenters. The van der Waals surface area contributed by atoms with E-state index in [1.165, 1.54) is 12.8 Å². The molecule has 17 heavy (non-hydrogen) atoms. The molecule has 3 atom stereocenters. The van der Waals surface area contributed by atoms with E-state index >= 15 is 0 Å². The third-order valence-corrected chi connectivity index (χ3v) is 3.63. The summed E-state index contributed by atoms with van der Waals surface area (Å²) in [6.07, 6.45) is 5.62. The number of nitrogens with two attached hydrogens (primary N) is 2. The summed E-state index contributed by atoms with van der Waals surface area (Å²) < 4.78 is 5.86. The van der Waals surface area contributed by atoms with Gasteiger partial charge in [-0.25, -0.2) is 0 Å². The van der Waals surface area contributed by atoms with Crippen molar-refractivity contribution in [2.45, 2.75) is 64.0 Å². The molecule has 0 aliphatic heterocycles. The third kappa shape index (κ3) is 4.28. The molecule has 1 aliphatic rings. The van der Waals surface area contributed by atoms with Gasteiger partial charge in [-0.1, -0.05) is 20.3 Å². The van der Waals surface area contributed by atoms with Crippen LogP contribution in [-0.4, -0.2) is 24.2 Å². The van der Waals surface area contributed by atoms with E-state index in [9.17, 15) is 4.79 Å². The molecule has 4 heteroatoms. The van der Waals surface area contributed by atoms with Crippen molar-refractivity contribution in [3.63, 3.8) is 0 Å². The van der Waals surface area contributed by atoms with Crippen molar-refractivity contribution in [3.8, 4) is 0 Å². The molecule has 1 fully saturated rings. The molecule has 1 saturated carbocycles. The molecule has 0 aromatic rings. The zero-order valence-corrected chi connectivity index (χ0v) is 11.1. The van der Waals surface area contributed by atoms with Gasteiger partial charge in [0.15, 0.2) is 0 Å². The van der Waals surface area contributed by atoms with E-state index in [0.717, 1.165) is 19.4 Å². The quantitative estimate of drug-likeness (QED) is 0.742. The highest BCUT2D eigenvalue weighted by molar-refractivity contribution is 5.84. The van der Waals surface area contributed by atoms with Crippen molar-refractivity contribution in [2.75, 3.05) is 6.61 Å². The molecule has 4 N–H and O–H groups in total. The molecule has 0 radical (unpaired) electrons. The molecule has 0 spiro atoms. The van der Waals surface area contributed by atoms with Gasteiger partial charge in [0.05, 0.1) is 11.6 Å². The SMILES string of the molecule is CCCC(C)COC1CCCC(N)(C(N)=O)C1. The highest BCUT2D eigenvalue weighted by atomic mass is 16.5. The largest absolute Gasteiger partial charge is 0.378 e. The van der Waals surface area contributed by atoms with E-state index in [2.05, 4.69) is 13.8 Å². The Kier molecular flexibility index (Phi) is 5.40. The first-order valence-corrected chi connectivity index (χ1v) is 6.68. The Morgan fingerprint density at radius 3 is 2.88 bits per heavy atom. The number of ether oxygens (including phenoxy) is 1. The molecule has 1 aliphatic carbocycles. The molecular formula is C13H26N2O2. The fraction of sp³-hybridized carbons (Fsp3) is 0.923. The molecule has 0 aromatic carbocycles. The summed E-state index contributed by atoms with van der Waals surface area (Å²) in [7, 11) is 0. The minimum absolute atomic E-state index is 0.0977. The highest BCUT2D eigenvalue weighted by Gasteiger charge is 2.38. The van der Waals surface area contributed by atoms with Gasteiger partial charge < -0.3 is 16.2 Å². The monoisotopic (exact) mass is 242 g/mol. The third-order valence-electron chi connectivity index (χ3n) is 3.63. The van der Waals surface area contributed by atoms with Gasteiger partial charge in [-0.05, 0) is 31.6 Å². The summed E-state index contributed by atoms with van der Waals surface area (Å²) in [5.74, 6) is 0.176. The van der Waals surface area contributed by atoms with Crippen LogP contribution >= 0.6 is 0 Å². The van der Waals surface area contributed by atoms with E-state index in [1.807, 2.05) is 0 Å². The van der Waals surface area contributed by atoms with Gasteiger partial charge >= 0.3 is 0 Å². The standard InChI is InChI=1S/C13H26N2O2/c1-3-5-10(2)9-17-11-6-4-7-13(15,8-11)12(14)16/h10-11H,3-9,15H2,1-2H3,(H2,14,16). The van der Waals surface area contributed by atoms with Crippen molar-refractivity contribution in [1.82, 2.24) is 0 Å².